The highest BCUT2D eigenvalue weighted by Crippen LogP contribution is 2.64. The van der Waals surface area contributed by atoms with E-state index in [1.807, 2.05) is 18.2 Å². The van der Waals surface area contributed by atoms with Crippen LogP contribution >= 0.6 is 15.9 Å². The second-order valence-corrected chi connectivity index (χ2v) is 12.7. The van der Waals surface area contributed by atoms with Crippen LogP contribution in [0.3, 0.4) is 0 Å². The minimum absolute atomic E-state index is 0.0385. The number of anilines is 1. The van der Waals surface area contributed by atoms with Crippen molar-refractivity contribution in [2.24, 2.45) is 45.4 Å². The van der Waals surface area contributed by atoms with Crippen molar-refractivity contribution in [3.8, 4) is 0 Å². The summed E-state index contributed by atoms with van der Waals surface area (Å²) in [5.41, 5.74) is 2.32. The SMILES string of the molecule is CC(CBr)CN(C(=O)C1CC[C@H]2[C@@H]3CN=C4CC(=O)CC[C@]4(C)[C@@H]3CC[C@]12C)c1ccccc1. The smallest absolute Gasteiger partial charge is 0.230 e. The highest BCUT2D eigenvalue weighted by Gasteiger charge is 2.60. The lowest BCUT2D eigenvalue weighted by Gasteiger charge is -2.56. The lowest BCUT2D eigenvalue weighted by molar-refractivity contribution is -0.129. The van der Waals surface area contributed by atoms with Gasteiger partial charge >= 0.3 is 0 Å². The van der Waals surface area contributed by atoms with Crippen LogP contribution in [0.2, 0.25) is 0 Å². The Morgan fingerprint density at radius 2 is 1.91 bits per heavy atom. The van der Waals surface area contributed by atoms with Crippen molar-refractivity contribution in [1.29, 1.82) is 0 Å². The number of ketones is 1. The standard InChI is InChI=1S/C29H39BrN2O2/c1-19(16-30)18-32(20-7-5-4-6-8-20)27(34)25-10-9-23-22-17-31-26-15-21(33)11-13-29(26,3)24(22)12-14-28(23,25)2/h4-8,19,22-25H,9-18H2,1-3H3/t19?,22-,23-,24+,25?,28-,29+/m0/s1. The van der Waals surface area contributed by atoms with E-state index < -0.39 is 0 Å². The van der Waals surface area contributed by atoms with E-state index in [9.17, 15) is 9.59 Å². The minimum atomic E-state index is 0.0385. The number of benzene rings is 1. The lowest BCUT2D eigenvalue weighted by atomic mass is 9.49. The molecule has 1 amide bonds. The first-order valence-corrected chi connectivity index (χ1v) is 14.4. The maximum absolute atomic E-state index is 14.2. The van der Waals surface area contributed by atoms with Crippen LogP contribution in [-0.2, 0) is 9.59 Å². The molecule has 4 aliphatic rings. The average molecular weight is 528 g/mol. The number of aliphatic imine (C=N–C) groups is 1. The van der Waals surface area contributed by atoms with Crippen molar-refractivity contribution in [3.05, 3.63) is 30.3 Å². The summed E-state index contributed by atoms with van der Waals surface area (Å²) in [6.07, 6.45) is 6.63. The fraction of sp³-hybridized carbons (Fsp3) is 0.690. The summed E-state index contributed by atoms with van der Waals surface area (Å²) < 4.78 is 0. The van der Waals surface area contributed by atoms with Gasteiger partial charge in [-0.15, -0.1) is 0 Å². The van der Waals surface area contributed by atoms with Crippen LogP contribution < -0.4 is 4.90 Å². The number of para-hydroxylation sites is 1. The molecule has 0 radical (unpaired) electrons. The summed E-state index contributed by atoms with van der Waals surface area (Å²) in [6.45, 7) is 8.60. The first kappa shape index (κ1) is 24.2. The molecule has 1 aromatic rings. The number of fused-ring (bicyclic) bond motifs is 5. The molecule has 1 aromatic carbocycles. The molecular formula is C29H39BrN2O2. The largest absolute Gasteiger partial charge is 0.312 e. The Hall–Kier alpha value is -1.49. The third-order valence-electron chi connectivity index (χ3n) is 10.1. The van der Waals surface area contributed by atoms with Gasteiger partial charge in [-0.1, -0.05) is 54.9 Å². The average Bonchev–Trinajstić information content (AvgIpc) is 3.20. The Morgan fingerprint density at radius 3 is 2.65 bits per heavy atom. The molecule has 5 heteroatoms. The molecule has 1 heterocycles. The normalized spacial score (nSPS) is 37.8. The summed E-state index contributed by atoms with van der Waals surface area (Å²) in [7, 11) is 0. The highest BCUT2D eigenvalue weighted by atomic mass is 79.9. The number of alkyl halides is 1. The molecule has 0 aromatic heterocycles. The number of amides is 1. The minimum Gasteiger partial charge on any atom is -0.312 e. The Balaban J connectivity index is 1.41. The second kappa shape index (κ2) is 9.19. The molecule has 0 bridgehead atoms. The van der Waals surface area contributed by atoms with Crippen LogP contribution in [0.25, 0.3) is 0 Å². The van der Waals surface area contributed by atoms with Crippen LogP contribution in [0.15, 0.2) is 35.3 Å². The van der Waals surface area contributed by atoms with E-state index in [-0.39, 0.29) is 16.7 Å². The maximum Gasteiger partial charge on any atom is 0.230 e. The zero-order valence-electron chi connectivity index (χ0n) is 20.9. The molecule has 0 N–H and O–H groups in total. The maximum atomic E-state index is 14.2. The third-order valence-corrected chi connectivity index (χ3v) is 11.2. The number of halogens is 1. The van der Waals surface area contributed by atoms with Crippen LogP contribution in [-0.4, -0.2) is 35.8 Å². The Morgan fingerprint density at radius 1 is 1.15 bits per heavy atom. The molecule has 1 aliphatic heterocycles. The number of hydrogen-bond donors (Lipinski definition) is 0. The van der Waals surface area contributed by atoms with Crippen molar-refractivity contribution in [2.75, 3.05) is 23.3 Å². The van der Waals surface area contributed by atoms with Gasteiger partial charge in [0.05, 0.1) is 0 Å². The van der Waals surface area contributed by atoms with Crippen LogP contribution in [0.1, 0.15) is 65.7 Å². The molecule has 0 saturated heterocycles. The van der Waals surface area contributed by atoms with Gasteiger partial charge in [0.15, 0.2) is 0 Å². The monoisotopic (exact) mass is 526 g/mol. The molecular weight excluding hydrogens is 488 g/mol. The fourth-order valence-corrected chi connectivity index (χ4v) is 8.29. The number of hydrogen-bond acceptors (Lipinski definition) is 3. The summed E-state index contributed by atoms with van der Waals surface area (Å²) in [5, 5.41) is 0.888. The Labute approximate surface area is 213 Å². The van der Waals surface area contributed by atoms with E-state index in [0.29, 0.717) is 48.2 Å². The Bertz CT molecular complexity index is 978. The highest BCUT2D eigenvalue weighted by molar-refractivity contribution is 9.09. The summed E-state index contributed by atoms with van der Waals surface area (Å²) in [4.78, 5) is 33.4. The molecule has 0 spiro atoms. The first-order chi connectivity index (χ1) is 16.3. The van der Waals surface area contributed by atoms with Crippen molar-refractivity contribution >= 4 is 39.0 Å². The van der Waals surface area contributed by atoms with Crippen molar-refractivity contribution in [2.45, 2.75) is 65.7 Å². The van der Waals surface area contributed by atoms with Gasteiger partial charge in [-0.3, -0.25) is 14.6 Å². The van der Waals surface area contributed by atoms with Gasteiger partial charge in [-0.05, 0) is 73.3 Å². The number of carbonyl (C=O) groups excluding carboxylic acids is 2. The molecule has 3 saturated carbocycles. The van der Waals surface area contributed by atoms with E-state index in [4.69, 9.17) is 4.99 Å². The molecule has 34 heavy (non-hydrogen) atoms. The van der Waals surface area contributed by atoms with Gasteiger partial charge in [0.1, 0.15) is 5.78 Å². The number of rotatable bonds is 5. The zero-order chi connectivity index (χ0) is 24.1. The van der Waals surface area contributed by atoms with Gasteiger partial charge in [-0.2, -0.15) is 0 Å². The van der Waals surface area contributed by atoms with E-state index in [1.54, 1.807) is 0 Å². The van der Waals surface area contributed by atoms with Crippen molar-refractivity contribution in [1.82, 2.24) is 0 Å². The topological polar surface area (TPSA) is 49.7 Å². The van der Waals surface area contributed by atoms with Gasteiger partial charge in [0.2, 0.25) is 5.91 Å². The Kier molecular flexibility index (Phi) is 6.54. The third kappa shape index (κ3) is 3.90. The molecule has 4 nitrogen and oxygen atoms in total. The number of Topliss-reactive ketones (excluding diaryl/α,β-unsaturated/α-hetero) is 1. The van der Waals surface area contributed by atoms with Gasteiger partial charge < -0.3 is 4.90 Å². The van der Waals surface area contributed by atoms with Crippen LogP contribution in [0.5, 0.6) is 0 Å². The van der Waals surface area contributed by atoms with E-state index in [1.165, 1.54) is 5.71 Å². The quantitative estimate of drug-likeness (QED) is 0.421. The summed E-state index contributed by atoms with van der Waals surface area (Å²) in [6, 6.07) is 10.2. The molecule has 3 fully saturated rings. The van der Waals surface area contributed by atoms with Gasteiger partial charge in [0, 0.05) is 54.0 Å². The second-order valence-electron chi connectivity index (χ2n) is 12.0. The summed E-state index contributed by atoms with van der Waals surface area (Å²) >= 11 is 3.62. The van der Waals surface area contributed by atoms with Crippen LogP contribution in [0, 0.1) is 40.4 Å². The van der Waals surface area contributed by atoms with Gasteiger partial charge in [0.25, 0.3) is 0 Å². The molecule has 184 valence electrons. The molecule has 3 aliphatic carbocycles. The van der Waals surface area contributed by atoms with E-state index in [0.717, 1.165) is 56.2 Å². The first-order valence-electron chi connectivity index (χ1n) is 13.3. The van der Waals surface area contributed by atoms with Crippen molar-refractivity contribution in [3.63, 3.8) is 0 Å². The fourth-order valence-electron chi connectivity index (χ4n) is 8.09. The van der Waals surface area contributed by atoms with Crippen molar-refractivity contribution < 1.29 is 9.59 Å². The molecule has 7 atom stereocenters. The summed E-state index contributed by atoms with van der Waals surface area (Å²) in [5.74, 6) is 2.85. The predicted molar refractivity (Wildman–Crippen MR) is 142 cm³/mol. The van der Waals surface area contributed by atoms with E-state index >= 15 is 0 Å². The van der Waals surface area contributed by atoms with Gasteiger partial charge in [-0.25, -0.2) is 0 Å². The molecule has 5 rings (SSSR count). The zero-order valence-corrected chi connectivity index (χ0v) is 22.5. The van der Waals surface area contributed by atoms with Crippen LogP contribution in [0.4, 0.5) is 5.69 Å². The number of carbonyl (C=O) groups is 2. The van der Waals surface area contributed by atoms with E-state index in [2.05, 4.69) is 53.7 Å². The predicted octanol–water partition coefficient (Wildman–Crippen LogP) is 6.32. The lowest BCUT2D eigenvalue weighted by Crippen LogP contribution is -2.55. The number of nitrogens with zero attached hydrogens (tertiary/aromatic N) is 2. The molecule has 2 unspecified atom stereocenters.